The summed E-state index contributed by atoms with van der Waals surface area (Å²) < 4.78 is 5.11. The number of aliphatic hydroxyl groups is 1. The van der Waals surface area contributed by atoms with Crippen LogP contribution in [-0.2, 0) is 4.74 Å². The maximum absolute atomic E-state index is 9.19. The fourth-order valence-corrected chi connectivity index (χ4v) is 1.91. The van der Waals surface area contributed by atoms with Crippen molar-refractivity contribution in [2.24, 2.45) is 0 Å². The van der Waals surface area contributed by atoms with Gasteiger partial charge < -0.3 is 20.1 Å². The third-order valence-electron chi connectivity index (χ3n) is 2.81. The quantitative estimate of drug-likeness (QED) is 0.732. The number of aliphatic hydroxyl groups excluding tert-OH is 1. The molecule has 0 aliphatic rings. The topological polar surface area (TPSA) is 70.5 Å². The lowest BCUT2D eigenvalue weighted by Gasteiger charge is -2.25. The SMILES string of the molecule is CCNc1nc(C)nc(N(CCO)CCOC)c1C. The first-order valence-corrected chi connectivity index (χ1v) is 6.57. The molecule has 0 atom stereocenters. The van der Waals surface area contributed by atoms with Crippen molar-refractivity contribution in [1.29, 1.82) is 0 Å². The average molecular weight is 268 g/mol. The van der Waals surface area contributed by atoms with Crippen molar-refractivity contribution in [3.05, 3.63) is 11.4 Å². The maximum Gasteiger partial charge on any atom is 0.137 e. The number of hydrogen-bond acceptors (Lipinski definition) is 6. The molecule has 0 aliphatic heterocycles. The van der Waals surface area contributed by atoms with E-state index in [1.807, 2.05) is 25.7 Å². The first-order chi connectivity index (χ1) is 9.13. The Morgan fingerprint density at radius 1 is 1.26 bits per heavy atom. The molecule has 1 rings (SSSR count). The number of nitrogens with one attached hydrogen (secondary N) is 1. The van der Waals surface area contributed by atoms with E-state index in [4.69, 9.17) is 4.74 Å². The molecule has 108 valence electrons. The lowest BCUT2D eigenvalue weighted by molar-refractivity contribution is 0.202. The highest BCUT2D eigenvalue weighted by Gasteiger charge is 2.15. The van der Waals surface area contributed by atoms with E-state index in [-0.39, 0.29) is 6.61 Å². The van der Waals surface area contributed by atoms with Crippen molar-refractivity contribution in [2.75, 3.05) is 50.2 Å². The molecule has 6 nitrogen and oxygen atoms in total. The Balaban J connectivity index is 3.06. The summed E-state index contributed by atoms with van der Waals surface area (Å²) >= 11 is 0. The molecule has 0 unspecified atom stereocenters. The van der Waals surface area contributed by atoms with Gasteiger partial charge in [-0.25, -0.2) is 9.97 Å². The summed E-state index contributed by atoms with van der Waals surface area (Å²) in [4.78, 5) is 10.9. The zero-order chi connectivity index (χ0) is 14.3. The van der Waals surface area contributed by atoms with Crippen LogP contribution in [0.25, 0.3) is 0 Å². The Labute approximate surface area is 114 Å². The standard InChI is InChI=1S/C13H24N4O2/c1-5-14-12-10(2)13(16-11(3)15-12)17(6-8-18)7-9-19-4/h18H,5-9H2,1-4H3,(H,14,15,16). The Hall–Kier alpha value is -1.40. The van der Waals surface area contributed by atoms with Gasteiger partial charge >= 0.3 is 0 Å². The van der Waals surface area contributed by atoms with E-state index < -0.39 is 0 Å². The minimum absolute atomic E-state index is 0.0861. The van der Waals surface area contributed by atoms with Gasteiger partial charge in [0.05, 0.1) is 13.2 Å². The normalized spacial score (nSPS) is 10.6. The number of aromatic nitrogens is 2. The molecule has 0 radical (unpaired) electrons. The van der Waals surface area contributed by atoms with E-state index in [1.165, 1.54) is 0 Å². The van der Waals surface area contributed by atoms with Crippen molar-refractivity contribution in [3.8, 4) is 0 Å². The van der Waals surface area contributed by atoms with Gasteiger partial charge in [0.2, 0.25) is 0 Å². The van der Waals surface area contributed by atoms with Crippen LogP contribution < -0.4 is 10.2 Å². The van der Waals surface area contributed by atoms with Crippen LogP contribution in [0.3, 0.4) is 0 Å². The molecular formula is C13H24N4O2. The van der Waals surface area contributed by atoms with Crippen LogP contribution in [0.5, 0.6) is 0 Å². The van der Waals surface area contributed by atoms with E-state index in [9.17, 15) is 5.11 Å². The van der Waals surface area contributed by atoms with Crippen LogP contribution in [0, 0.1) is 13.8 Å². The zero-order valence-corrected chi connectivity index (χ0v) is 12.2. The molecule has 0 spiro atoms. The highest BCUT2D eigenvalue weighted by atomic mass is 16.5. The summed E-state index contributed by atoms with van der Waals surface area (Å²) in [5, 5.41) is 12.4. The van der Waals surface area contributed by atoms with Gasteiger partial charge in [0.1, 0.15) is 17.5 Å². The van der Waals surface area contributed by atoms with Gasteiger partial charge in [-0.1, -0.05) is 0 Å². The summed E-state index contributed by atoms with van der Waals surface area (Å²) in [5.41, 5.74) is 0.997. The van der Waals surface area contributed by atoms with Crippen LogP contribution in [0.4, 0.5) is 11.6 Å². The zero-order valence-electron chi connectivity index (χ0n) is 12.2. The lowest BCUT2D eigenvalue weighted by Crippen LogP contribution is -2.32. The molecule has 0 bridgehead atoms. The van der Waals surface area contributed by atoms with Gasteiger partial charge in [-0.2, -0.15) is 0 Å². The van der Waals surface area contributed by atoms with Gasteiger partial charge in [-0.15, -0.1) is 0 Å². The second-order valence-corrected chi connectivity index (χ2v) is 4.30. The summed E-state index contributed by atoms with van der Waals surface area (Å²) in [6, 6.07) is 0. The van der Waals surface area contributed by atoms with Gasteiger partial charge in [0.15, 0.2) is 0 Å². The average Bonchev–Trinajstić information content (AvgIpc) is 2.39. The van der Waals surface area contributed by atoms with Crippen molar-refractivity contribution in [2.45, 2.75) is 20.8 Å². The molecule has 2 N–H and O–H groups in total. The fourth-order valence-electron chi connectivity index (χ4n) is 1.91. The molecule has 1 heterocycles. The number of ether oxygens (including phenoxy) is 1. The third kappa shape index (κ3) is 4.33. The molecule has 0 saturated carbocycles. The van der Waals surface area contributed by atoms with E-state index in [0.717, 1.165) is 29.6 Å². The van der Waals surface area contributed by atoms with Crippen LogP contribution in [0.2, 0.25) is 0 Å². The van der Waals surface area contributed by atoms with Crippen molar-refractivity contribution in [3.63, 3.8) is 0 Å². The minimum Gasteiger partial charge on any atom is -0.395 e. The van der Waals surface area contributed by atoms with Gasteiger partial charge in [0, 0.05) is 32.3 Å². The summed E-state index contributed by atoms with van der Waals surface area (Å²) in [6.07, 6.45) is 0. The summed E-state index contributed by atoms with van der Waals surface area (Å²) in [7, 11) is 1.67. The number of nitrogens with zero attached hydrogens (tertiary/aromatic N) is 3. The molecule has 6 heteroatoms. The molecule has 1 aromatic rings. The first-order valence-electron chi connectivity index (χ1n) is 6.57. The van der Waals surface area contributed by atoms with E-state index in [1.54, 1.807) is 7.11 Å². The molecular weight excluding hydrogens is 244 g/mol. The molecule has 19 heavy (non-hydrogen) atoms. The van der Waals surface area contributed by atoms with Gasteiger partial charge in [0.25, 0.3) is 0 Å². The molecule has 0 fully saturated rings. The van der Waals surface area contributed by atoms with Gasteiger partial charge in [-0.05, 0) is 20.8 Å². The lowest BCUT2D eigenvalue weighted by atomic mass is 10.2. The molecule has 0 amide bonds. The van der Waals surface area contributed by atoms with E-state index in [0.29, 0.717) is 19.7 Å². The van der Waals surface area contributed by atoms with Crippen LogP contribution in [-0.4, -0.2) is 55.0 Å². The summed E-state index contributed by atoms with van der Waals surface area (Å²) in [5.74, 6) is 2.43. The number of hydrogen-bond donors (Lipinski definition) is 2. The van der Waals surface area contributed by atoms with E-state index in [2.05, 4.69) is 15.3 Å². The molecule has 1 aromatic heterocycles. The highest BCUT2D eigenvalue weighted by Crippen LogP contribution is 2.23. The number of aryl methyl sites for hydroxylation is 1. The van der Waals surface area contributed by atoms with Crippen LogP contribution >= 0.6 is 0 Å². The Morgan fingerprint density at radius 2 is 2.00 bits per heavy atom. The predicted molar refractivity (Wildman–Crippen MR) is 76.8 cm³/mol. The Kier molecular flexibility index (Phi) is 6.52. The smallest absolute Gasteiger partial charge is 0.137 e. The highest BCUT2D eigenvalue weighted by molar-refractivity contribution is 5.58. The van der Waals surface area contributed by atoms with Crippen molar-refractivity contribution in [1.82, 2.24) is 9.97 Å². The van der Waals surface area contributed by atoms with E-state index >= 15 is 0 Å². The minimum atomic E-state index is 0.0861. The largest absolute Gasteiger partial charge is 0.395 e. The van der Waals surface area contributed by atoms with Gasteiger partial charge in [-0.3, -0.25) is 0 Å². The first kappa shape index (κ1) is 15.7. The molecule has 0 aliphatic carbocycles. The molecule has 0 saturated heterocycles. The second kappa shape index (κ2) is 7.91. The number of anilines is 2. The Bertz CT molecular complexity index is 398. The maximum atomic E-state index is 9.19. The number of methoxy groups -OCH3 is 1. The molecule has 0 aromatic carbocycles. The second-order valence-electron chi connectivity index (χ2n) is 4.30. The monoisotopic (exact) mass is 268 g/mol. The van der Waals surface area contributed by atoms with Crippen LogP contribution in [0.1, 0.15) is 18.3 Å². The van der Waals surface area contributed by atoms with Crippen LogP contribution in [0.15, 0.2) is 0 Å². The summed E-state index contributed by atoms with van der Waals surface area (Å²) in [6.45, 7) is 8.62. The Morgan fingerprint density at radius 3 is 2.58 bits per heavy atom. The third-order valence-corrected chi connectivity index (χ3v) is 2.81. The predicted octanol–water partition coefficient (Wildman–Crippen LogP) is 0.970. The number of rotatable bonds is 8. The van der Waals surface area contributed by atoms with Crippen molar-refractivity contribution < 1.29 is 9.84 Å². The van der Waals surface area contributed by atoms with Crippen molar-refractivity contribution >= 4 is 11.6 Å². The fraction of sp³-hybridized carbons (Fsp3) is 0.692.